The van der Waals surface area contributed by atoms with Crippen LogP contribution in [0.5, 0.6) is 5.75 Å². The van der Waals surface area contributed by atoms with Gasteiger partial charge in [-0.1, -0.05) is 29.1 Å². The summed E-state index contributed by atoms with van der Waals surface area (Å²) in [5.74, 6) is 5.35. The Bertz CT molecular complexity index is 814. The van der Waals surface area contributed by atoms with E-state index in [1.807, 2.05) is 0 Å². The van der Waals surface area contributed by atoms with Crippen LogP contribution < -0.4 is 4.74 Å². The Morgan fingerprint density at radius 2 is 1.92 bits per heavy atom. The first kappa shape index (κ1) is 17.1. The first-order chi connectivity index (χ1) is 11.6. The van der Waals surface area contributed by atoms with Gasteiger partial charge in [-0.3, -0.25) is 4.79 Å². The van der Waals surface area contributed by atoms with Gasteiger partial charge in [0, 0.05) is 23.9 Å². The van der Waals surface area contributed by atoms with Crippen molar-refractivity contribution < 1.29 is 13.9 Å². The average Bonchev–Trinajstić information content (AvgIpc) is 2.57. The van der Waals surface area contributed by atoms with Gasteiger partial charge in [-0.25, -0.2) is 4.39 Å². The van der Waals surface area contributed by atoms with Gasteiger partial charge in [0.2, 0.25) is 0 Å². The molecule has 2 aromatic rings. The van der Waals surface area contributed by atoms with Gasteiger partial charge in [-0.05, 0) is 47.5 Å². The summed E-state index contributed by atoms with van der Waals surface area (Å²) >= 11 is 0. The van der Waals surface area contributed by atoms with E-state index in [0.717, 1.165) is 5.56 Å². The molecule has 0 N–H and O–H groups in total. The number of carbonyl (C=O) groups is 1. The molecule has 120 valence electrons. The van der Waals surface area contributed by atoms with E-state index in [1.54, 1.807) is 36.4 Å². The second-order valence-corrected chi connectivity index (χ2v) is 4.90. The lowest BCUT2D eigenvalue weighted by atomic mass is 9.99. The van der Waals surface area contributed by atoms with E-state index < -0.39 is 5.97 Å². The lowest BCUT2D eigenvalue weighted by molar-refractivity contribution is -0.131. The number of esters is 1. The Kier molecular flexibility index (Phi) is 5.95. The van der Waals surface area contributed by atoms with E-state index >= 15 is 0 Å². The molecule has 1 atom stereocenters. The number of halogens is 1. The molecule has 24 heavy (non-hydrogen) atoms. The quantitative estimate of drug-likeness (QED) is 0.211. The van der Waals surface area contributed by atoms with Crippen molar-refractivity contribution in [3.8, 4) is 17.6 Å². The van der Waals surface area contributed by atoms with Gasteiger partial charge in [-0.2, -0.15) is 0 Å². The number of hydrogen-bond acceptors (Lipinski definition) is 3. The van der Waals surface area contributed by atoms with Crippen LogP contribution in [0, 0.1) is 17.7 Å². The van der Waals surface area contributed by atoms with Crippen molar-refractivity contribution in [2.45, 2.75) is 12.8 Å². The number of nitrogens with zero attached hydrogens (tertiary/aromatic N) is 3. The van der Waals surface area contributed by atoms with Crippen molar-refractivity contribution in [1.29, 1.82) is 0 Å². The predicted molar refractivity (Wildman–Crippen MR) is 87.8 cm³/mol. The molecular formula is C18H14FN3O2. The van der Waals surface area contributed by atoms with E-state index in [2.05, 4.69) is 21.9 Å². The number of ether oxygens (including phenoxy) is 1. The maximum absolute atomic E-state index is 12.9. The van der Waals surface area contributed by atoms with E-state index in [4.69, 9.17) is 10.3 Å². The molecule has 0 aliphatic rings. The van der Waals surface area contributed by atoms with Gasteiger partial charge < -0.3 is 4.74 Å². The minimum absolute atomic E-state index is 0.164. The van der Waals surface area contributed by atoms with Crippen LogP contribution in [-0.4, -0.2) is 12.5 Å². The molecule has 0 bridgehead atoms. The summed E-state index contributed by atoms with van der Waals surface area (Å²) < 4.78 is 17.9. The van der Waals surface area contributed by atoms with Crippen LogP contribution in [0.25, 0.3) is 10.4 Å². The zero-order valence-corrected chi connectivity index (χ0v) is 12.9. The van der Waals surface area contributed by atoms with Gasteiger partial charge >= 0.3 is 5.97 Å². The van der Waals surface area contributed by atoms with Gasteiger partial charge in [0.05, 0.1) is 5.92 Å². The first-order valence-electron chi connectivity index (χ1n) is 7.15. The van der Waals surface area contributed by atoms with Crippen LogP contribution in [0.3, 0.4) is 0 Å². The Morgan fingerprint density at radius 3 is 2.50 bits per heavy atom. The second-order valence-electron chi connectivity index (χ2n) is 4.90. The van der Waals surface area contributed by atoms with E-state index in [1.165, 1.54) is 19.1 Å². The zero-order valence-electron chi connectivity index (χ0n) is 12.9. The third kappa shape index (κ3) is 5.16. The maximum atomic E-state index is 12.9. The summed E-state index contributed by atoms with van der Waals surface area (Å²) in [5, 5.41) is 3.58. The molecule has 0 fully saturated rings. The zero-order chi connectivity index (χ0) is 17.4. The summed E-state index contributed by atoms with van der Waals surface area (Å²) in [7, 11) is 0. The number of benzene rings is 2. The molecule has 2 rings (SSSR count). The predicted octanol–water partition coefficient (Wildman–Crippen LogP) is 4.20. The summed E-state index contributed by atoms with van der Waals surface area (Å²) in [5.41, 5.74) is 10.0. The minimum Gasteiger partial charge on any atom is -0.427 e. The summed E-state index contributed by atoms with van der Waals surface area (Å²) in [6.07, 6.45) is 0. The number of azide groups is 1. The summed E-state index contributed by atoms with van der Waals surface area (Å²) in [4.78, 5) is 13.7. The monoisotopic (exact) mass is 323 g/mol. The normalized spacial score (nSPS) is 10.8. The minimum atomic E-state index is -0.399. The van der Waals surface area contributed by atoms with Crippen LogP contribution in [0.15, 0.2) is 53.6 Å². The summed E-state index contributed by atoms with van der Waals surface area (Å²) in [6.45, 7) is 1.49. The van der Waals surface area contributed by atoms with Crippen LogP contribution in [0.4, 0.5) is 4.39 Å². The number of carbonyl (C=O) groups excluding carboxylic acids is 1. The second kappa shape index (κ2) is 8.37. The molecule has 0 aliphatic heterocycles. The lowest BCUT2D eigenvalue weighted by Crippen LogP contribution is -2.03. The highest BCUT2D eigenvalue weighted by molar-refractivity contribution is 5.69. The third-order valence-corrected chi connectivity index (χ3v) is 3.11. The topological polar surface area (TPSA) is 75.1 Å². The van der Waals surface area contributed by atoms with E-state index in [-0.39, 0.29) is 18.3 Å². The molecule has 2 aromatic carbocycles. The van der Waals surface area contributed by atoms with Gasteiger partial charge in [0.15, 0.2) is 0 Å². The highest BCUT2D eigenvalue weighted by Gasteiger charge is 2.08. The molecule has 0 saturated carbocycles. The molecule has 0 spiro atoms. The molecule has 0 aliphatic carbocycles. The highest BCUT2D eigenvalue weighted by Crippen LogP contribution is 2.20. The lowest BCUT2D eigenvalue weighted by Gasteiger charge is -2.09. The fourth-order valence-corrected chi connectivity index (χ4v) is 1.99. The van der Waals surface area contributed by atoms with Crippen molar-refractivity contribution in [1.82, 2.24) is 0 Å². The van der Waals surface area contributed by atoms with Crippen molar-refractivity contribution >= 4 is 5.97 Å². The van der Waals surface area contributed by atoms with Crippen molar-refractivity contribution in [2.75, 3.05) is 6.54 Å². The maximum Gasteiger partial charge on any atom is 0.308 e. The third-order valence-electron chi connectivity index (χ3n) is 3.11. The van der Waals surface area contributed by atoms with Gasteiger partial charge in [0.25, 0.3) is 0 Å². The smallest absolute Gasteiger partial charge is 0.308 e. The Labute approximate surface area is 138 Å². The molecule has 5 nitrogen and oxygen atoms in total. The SMILES string of the molecule is CC(=O)Oc1ccc(C(C#Cc2ccc(F)cc2)CN=[N+]=[N-])cc1. The molecule has 0 radical (unpaired) electrons. The highest BCUT2D eigenvalue weighted by atomic mass is 19.1. The molecular weight excluding hydrogens is 309 g/mol. The fraction of sp³-hybridized carbons (Fsp3) is 0.167. The summed E-state index contributed by atoms with van der Waals surface area (Å²) in [6, 6.07) is 12.7. The standard InChI is InChI=1S/C18H14FN3O2/c1-13(23)24-18-10-6-15(7-11-18)16(12-21-22-20)5-2-14-3-8-17(19)9-4-14/h3-4,6-11,16H,12H2,1H3. The van der Waals surface area contributed by atoms with E-state index in [0.29, 0.717) is 11.3 Å². The largest absolute Gasteiger partial charge is 0.427 e. The van der Waals surface area contributed by atoms with Crippen molar-refractivity contribution in [3.63, 3.8) is 0 Å². The van der Waals surface area contributed by atoms with Crippen molar-refractivity contribution in [3.05, 3.63) is 75.9 Å². The number of hydrogen-bond donors (Lipinski definition) is 0. The van der Waals surface area contributed by atoms with Gasteiger partial charge in [0.1, 0.15) is 11.6 Å². The van der Waals surface area contributed by atoms with Crippen LogP contribution in [-0.2, 0) is 4.79 Å². The van der Waals surface area contributed by atoms with Crippen LogP contribution >= 0.6 is 0 Å². The Balaban J connectivity index is 2.23. The van der Waals surface area contributed by atoms with Gasteiger partial charge in [-0.15, -0.1) is 0 Å². The molecule has 0 amide bonds. The Hall–Kier alpha value is -3.29. The fourth-order valence-electron chi connectivity index (χ4n) is 1.99. The van der Waals surface area contributed by atoms with Crippen LogP contribution in [0.2, 0.25) is 0 Å². The molecule has 0 heterocycles. The molecule has 6 heteroatoms. The van der Waals surface area contributed by atoms with E-state index in [9.17, 15) is 9.18 Å². The Morgan fingerprint density at radius 1 is 1.25 bits per heavy atom. The molecule has 1 unspecified atom stereocenters. The number of rotatable bonds is 4. The van der Waals surface area contributed by atoms with Crippen molar-refractivity contribution in [2.24, 2.45) is 5.11 Å². The first-order valence-corrected chi connectivity index (χ1v) is 7.15. The average molecular weight is 323 g/mol. The molecule has 0 aromatic heterocycles. The van der Waals surface area contributed by atoms with Crippen LogP contribution in [0.1, 0.15) is 24.0 Å². The molecule has 0 saturated heterocycles.